The van der Waals surface area contributed by atoms with Crippen LogP contribution in [-0.4, -0.2) is 22.2 Å². The van der Waals surface area contributed by atoms with Gasteiger partial charge in [-0.15, -0.1) is 0 Å². The Hall–Kier alpha value is -1.84. The number of carboxylic acids is 2. The Morgan fingerprint density at radius 1 is 0.590 bits per heavy atom. The van der Waals surface area contributed by atoms with E-state index in [0.29, 0.717) is 12.0 Å². The summed E-state index contributed by atoms with van der Waals surface area (Å²) in [4.78, 5) is 22.3. The first-order valence-corrected chi connectivity index (χ1v) is 16.5. The molecule has 0 aliphatic carbocycles. The summed E-state index contributed by atoms with van der Waals surface area (Å²) in [5, 5.41) is 18.2. The largest absolute Gasteiger partial charge is 0.478 e. The molecule has 0 amide bonds. The van der Waals surface area contributed by atoms with Gasteiger partial charge >= 0.3 is 11.9 Å². The molecule has 1 aromatic rings. The maximum Gasteiger partial charge on any atom is 0.336 e. The molecule has 0 bridgehead atoms. The number of unbranched alkanes of at least 4 members (excludes halogenated alkanes) is 15. The molecule has 0 atom stereocenters. The van der Waals surface area contributed by atoms with Gasteiger partial charge in [0.1, 0.15) is 0 Å². The van der Waals surface area contributed by atoms with Crippen molar-refractivity contribution in [2.24, 2.45) is 5.92 Å². The zero-order valence-electron chi connectivity index (χ0n) is 26.1. The van der Waals surface area contributed by atoms with Crippen LogP contribution in [0.5, 0.6) is 0 Å². The van der Waals surface area contributed by atoms with Gasteiger partial charge in [-0.1, -0.05) is 168 Å². The maximum atomic E-state index is 11.3. The highest BCUT2D eigenvalue weighted by atomic mass is 16.4. The highest BCUT2D eigenvalue weighted by Crippen LogP contribution is 2.22. The third-order valence-corrected chi connectivity index (χ3v) is 7.90. The van der Waals surface area contributed by atoms with Crippen molar-refractivity contribution in [3.05, 3.63) is 34.9 Å². The minimum atomic E-state index is -1.19. The van der Waals surface area contributed by atoms with Gasteiger partial charge in [-0.2, -0.15) is 0 Å². The number of benzene rings is 1. The van der Waals surface area contributed by atoms with Gasteiger partial charge in [0.25, 0.3) is 0 Å². The van der Waals surface area contributed by atoms with E-state index in [1.807, 2.05) is 0 Å². The predicted octanol–water partition coefficient (Wildman–Crippen LogP) is 11.5. The van der Waals surface area contributed by atoms with E-state index < -0.39 is 11.9 Å². The minimum Gasteiger partial charge on any atom is -0.478 e. The molecule has 2 N–H and O–H groups in total. The molecular formula is C35H62O4. The first-order valence-electron chi connectivity index (χ1n) is 16.5. The number of carboxylic acid groups (broad SMARTS) is 2. The monoisotopic (exact) mass is 546 g/mol. The van der Waals surface area contributed by atoms with E-state index in [0.717, 1.165) is 25.2 Å². The van der Waals surface area contributed by atoms with E-state index in [4.69, 9.17) is 5.11 Å². The van der Waals surface area contributed by atoms with E-state index in [2.05, 4.69) is 27.7 Å². The lowest BCUT2D eigenvalue weighted by Gasteiger charge is -2.14. The van der Waals surface area contributed by atoms with Crippen LogP contribution in [0.3, 0.4) is 0 Å². The molecule has 4 nitrogen and oxygen atoms in total. The zero-order chi connectivity index (χ0) is 29.1. The molecule has 0 saturated heterocycles. The van der Waals surface area contributed by atoms with Crippen molar-refractivity contribution in [2.45, 2.75) is 169 Å². The SMILES string of the molecule is CCCCCCCCC(CC)CCCCCCCC.CCCCCCCCc1cccc(C(=O)O)c1C(=O)O. The second-order valence-electron chi connectivity index (χ2n) is 11.4. The molecule has 0 spiro atoms. The number of rotatable bonds is 24. The quantitative estimate of drug-likeness (QED) is 0.126. The summed E-state index contributed by atoms with van der Waals surface area (Å²) < 4.78 is 0. The standard InChI is InChI=1S/C19H40.C16H22O4/c1-4-7-9-11-13-15-17-19(6-3)18-16-14-12-10-8-5-2;1-2-3-4-5-6-7-9-12-10-8-11-13(15(17)18)14(12)16(19)20/h19H,4-18H2,1-3H3;8,10-11H,2-7,9H2,1H3,(H,17,18)(H,19,20). The lowest BCUT2D eigenvalue weighted by molar-refractivity contribution is 0.0650. The Kier molecular flexibility index (Phi) is 25.1. The van der Waals surface area contributed by atoms with Crippen LogP contribution in [0, 0.1) is 5.92 Å². The highest BCUT2D eigenvalue weighted by molar-refractivity contribution is 6.02. The number of hydrogen-bond acceptors (Lipinski definition) is 2. The second kappa shape index (κ2) is 26.4. The summed E-state index contributed by atoms with van der Waals surface area (Å²) in [6, 6.07) is 4.67. The number of hydrogen-bond donors (Lipinski definition) is 2. The summed E-state index contributed by atoms with van der Waals surface area (Å²) in [5.74, 6) is -1.33. The van der Waals surface area contributed by atoms with Crippen molar-refractivity contribution in [3.8, 4) is 0 Å². The number of aryl methyl sites for hydroxylation is 1. The molecular weight excluding hydrogens is 484 g/mol. The average molecular weight is 547 g/mol. The molecule has 0 aliphatic heterocycles. The summed E-state index contributed by atoms with van der Waals surface area (Å²) in [6.45, 7) is 9.15. The van der Waals surface area contributed by atoms with Crippen molar-refractivity contribution < 1.29 is 19.8 Å². The third kappa shape index (κ3) is 19.8. The smallest absolute Gasteiger partial charge is 0.336 e. The van der Waals surface area contributed by atoms with Gasteiger partial charge < -0.3 is 10.2 Å². The Balaban J connectivity index is 0.000000742. The zero-order valence-corrected chi connectivity index (χ0v) is 26.1. The molecule has 0 fully saturated rings. The molecule has 1 rings (SSSR count). The first kappa shape index (κ1) is 37.2. The molecule has 4 heteroatoms. The average Bonchev–Trinajstić information content (AvgIpc) is 2.93. The molecule has 0 saturated carbocycles. The summed E-state index contributed by atoms with van der Waals surface area (Å²) in [6.07, 6.45) is 29.2. The van der Waals surface area contributed by atoms with Crippen LogP contribution in [-0.2, 0) is 6.42 Å². The van der Waals surface area contributed by atoms with Gasteiger partial charge in [-0.3, -0.25) is 0 Å². The van der Waals surface area contributed by atoms with E-state index in [1.165, 1.54) is 122 Å². The fraction of sp³-hybridized carbons (Fsp3) is 0.771. The first-order chi connectivity index (χ1) is 18.9. The van der Waals surface area contributed by atoms with Crippen LogP contribution in [0.15, 0.2) is 18.2 Å². The van der Waals surface area contributed by atoms with Crippen LogP contribution in [0.25, 0.3) is 0 Å². The molecule has 0 aromatic heterocycles. The van der Waals surface area contributed by atoms with Crippen LogP contribution in [0.2, 0.25) is 0 Å². The van der Waals surface area contributed by atoms with E-state index >= 15 is 0 Å². The van der Waals surface area contributed by atoms with Crippen LogP contribution < -0.4 is 0 Å². The molecule has 0 heterocycles. The molecule has 1 aromatic carbocycles. The summed E-state index contributed by atoms with van der Waals surface area (Å²) >= 11 is 0. The topological polar surface area (TPSA) is 74.6 Å². The van der Waals surface area contributed by atoms with Gasteiger partial charge in [0, 0.05) is 0 Å². The van der Waals surface area contributed by atoms with Crippen molar-refractivity contribution in [1.29, 1.82) is 0 Å². The van der Waals surface area contributed by atoms with E-state index in [9.17, 15) is 14.7 Å². The van der Waals surface area contributed by atoms with Crippen molar-refractivity contribution in [2.75, 3.05) is 0 Å². The van der Waals surface area contributed by atoms with Gasteiger partial charge in [-0.25, -0.2) is 9.59 Å². The Morgan fingerprint density at radius 3 is 1.44 bits per heavy atom. The summed E-state index contributed by atoms with van der Waals surface area (Å²) in [7, 11) is 0. The number of carbonyl (C=O) groups is 2. The highest BCUT2D eigenvalue weighted by Gasteiger charge is 2.19. The summed E-state index contributed by atoms with van der Waals surface area (Å²) in [5.41, 5.74) is 0.433. The van der Waals surface area contributed by atoms with E-state index in [-0.39, 0.29) is 11.1 Å². The van der Waals surface area contributed by atoms with Crippen LogP contribution in [0.1, 0.15) is 189 Å². The van der Waals surface area contributed by atoms with Crippen molar-refractivity contribution in [3.63, 3.8) is 0 Å². The molecule has 39 heavy (non-hydrogen) atoms. The molecule has 0 unspecified atom stereocenters. The lowest BCUT2D eigenvalue weighted by atomic mass is 9.92. The normalized spacial score (nSPS) is 10.9. The lowest BCUT2D eigenvalue weighted by Crippen LogP contribution is -2.11. The third-order valence-electron chi connectivity index (χ3n) is 7.90. The Bertz CT molecular complexity index is 711. The Labute approximate surface area is 241 Å². The van der Waals surface area contributed by atoms with Gasteiger partial charge in [0.2, 0.25) is 0 Å². The Morgan fingerprint density at radius 2 is 1.03 bits per heavy atom. The van der Waals surface area contributed by atoms with Crippen molar-refractivity contribution in [1.82, 2.24) is 0 Å². The molecule has 226 valence electrons. The fourth-order valence-electron chi connectivity index (χ4n) is 5.31. The fourth-order valence-corrected chi connectivity index (χ4v) is 5.31. The predicted molar refractivity (Wildman–Crippen MR) is 167 cm³/mol. The van der Waals surface area contributed by atoms with Gasteiger partial charge in [0.05, 0.1) is 11.1 Å². The van der Waals surface area contributed by atoms with Crippen molar-refractivity contribution >= 4 is 11.9 Å². The van der Waals surface area contributed by atoms with Gasteiger partial charge in [0.15, 0.2) is 0 Å². The number of aromatic carboxylic acids is 2. The molecule has 0 radical (unpaired) electrons. The molecule has 0 aliphatic rings. The minimum absolute atomic E-state index is 0.0615. The maximum absolute atomic E-state index is 11.3. The van der Waals surface area contributed by atoms with E-state index in [1.54, 1.807) is 12.1 Å². The second-order valence-corrected chi connectivity index (χ2v) is 11.4. The van der Waals surface area contributed by atoms with Gasteiger partial charge in [-0.05, 0) is 30.4 Å². The van der Waals surface area contributed by atoms with Crippen LogP contribution in [0.4, 0.5) is 0 Å². The van der Waals surface area contributed by atoms with Crippen LogP contribution >= 0.6 is 0 Å².